The van der Waals surface area contributed by atoms with Gasteiger partial charge in [0.25, 0.3) is 0 Å². The second-order valence-electron chi connectivity index (χ2n) is 5.99. The molecule has 0 aliphatic heterocycles. The summed E-state index contributed by atoms with van der Waals surface area (Å²) in [5.41, 5.74) is 2.37. The van der Waals surface area contributed by atoms with Crippen LogP contribution < -0.4 is 5.32 Å². The molecule has 112 valence electrons. The second-order valence-corrected chi connectivity index (χ2v) is 5.99. The van der Waals surface area contributed by atoms with Crippen molar-refractivity contribution in [3.05, 3.63) is 36.0 Å². The van der Waals surface area contributed by atoms with Crippen molar-refractivity contribution in [3.63, 3.8) is 0 Å². The number of hydrogen-bond donors (Lipinski definition) is 1. The molecular weight excluding hydrogens is 264 g/mol. The van der Waals surface area contributed by atoms with Crippen molar-refractivity contribution < 1.29 is 9.53 Å². The fraction of sp³-hybridized carbons (Fsp3) is 0.471. The maximum Gasteiger partial charge on any atom is 0.326 e. The number of nitrogens with one attached hydrogen (secondary N) is 1. The van der Waals surface area contributed by atoms with Crippen LogP contribution in [0.4, 0.5) is 0 Å². The molecule has 2 aromatic rings. The summed E-state index contributed by atoms with van der Waals surface area (Å²) >= 11 is 0. The molecule has 4 nitrogen and oxygen atoms in total. The lowest BCUT2D eigenvalue weighted by Gasteiger charge is -2.12. The Balaban J connectivity index is 1.82. The molecule has 1 aliphatic carbocycles. The summed E-state index contributed by atoms with van der Waals surface area (Å²) in [5.74, 6) is -0.188. The number of esters is 1. The van der Waals surface area contributed by atoms with E-state index in [2.05, 4.69) is 29.6 Å². The Morgan fingerprint density at radius 1 is 1.38 bits per heavy atom. The van der Waals surface area contributed by atoms with E-state index in [0.29, 0.717) is 6.04 Å². The van der Waals surface area contributed by atoms with Crippen LogP contribution >= 0.6 is 0 Å². The maximum atomic E-state index is 11.9. The largest absolute Gasteiger partial charge is 0.462 e. The Kier molecular flexibility index (Phi) is 3.97. The molecule has 0 amide bonds. The lowest BCUT2D eigenvalue weighted by molar-refractivity contribution is -0.148. The molecule has 4 heteroatoms. The van der Waals surface area contributed by atoms with Gasteiger partial charge in [-0.25, -0.2) is 0 Å². The monoisotopic (exact) mass is 286 g/mol. The minimum Gasteiger partial charge on any atom is -0.462 e. The van der Waals surface area contributed by atoms with E-state index in [1.54, 1.807) is 0 Å². The highest BCUT2D eigenvalue weighted by molar-refractivity contribution is 5.85. The molecule has 1 saturated carbocycles. The molecule has 0 unspecified atom stereocenters. The normalized spacial score (nSPS) is 14.8. The van der Waals surface area contributed by atoms with Crippen LogP contribution in [0.5, 0.6) is 0 Å². The zero-order valence-electron chi connectivity index (χ0n) is 12.6. The van der Waals surface area contributed by atoms with E-state index >= 15 is 0 Å². The molecule has 0 atom stereocenters. The smallest absolute Gasteiger partial charge is 0.326 e. The van der Waals surface area contributed by atoms with Crippen molar-refractivity contribution in [2.75, 3.05) is 0 Å². The van der Waals surface area contributed by atoms with Gasteiger partial charge in [0.1, 0.15) is 6.54 Å². The average molecular weight is 286 g/mol. The molecular formula is C17H22N2O2. The number of nitrogens with zero attached hydrogens (tertiary/aromatic N) is 1. The van der Waals surface area contributed by atoms with Crippen LogP contribution in [0.3, 0.4) is 0 Å². The minimum atomic E-state index is -0.188. The summed E-state index contributed by atoms with van der Waals surface area (Å²) in [4.78, 5) is 11.9. The van der Waals surface area contributed by atoms with Gasteiger partial charge in [-0.05, 0) is 43.7 Å². The minimum absolute atomic E-state index is 0.0738. The van der Waals surface area contributed by atoms with E-state index in [0.717, 1.165) is 12.1 Å². The van der Waals surface area contributed by atoms with Gasteiger partial charge in [0.2, 0.25) is 0 Å². The highest BCUT2D eigenvalue weighted by Crippen LogP contribution is 2.23. The van der Waals surface area contributed by atoms with E-state index in [4.69, 9.17) is 4.74 Å². The predicted octanol–water partition coefficient (Wildman–Crippen LogP) is 2.84. The Bertz CT molecular complexity index is 641. The molecule has 1 aliphatic rings. The van der Waals surface area contributed by atoms with Crippen molar-refractivity contribution in [2.24, 2.45) is 0 Å². The van der Waals surface area contributed by atoms with Crippen LogP contribution in [-0.4, -0.2) is 22.7 Å². The molecule has 0 spiro atoms. The number of aromatic nitrogens is 1. The number of carbonyl (C=O) groups is 1. The summed E-state index contributed by atoms with van der Waals surface area (Å²) in [7, 11) is 0. The van der Waals surface area contributed by atoms with Gasteiger partial charge >= 0.3 is 5.97 Å². The maximum absolute atomic E-state index is 11.9. The third kappa shape index (κ3) is 3.45. The second kappa shape index (κ2) is 5.90. The molecule has 0 radical (unpaired) electrons. The average Bonchev–Trinajstić information content (AvgIpc) is 3.17. The zero-order valence-corrected chi connectivity index (χ0v) is 12.6. The quantitative estimate of drug-likeness (QED) is 0.830. The van der Waals surface area contributed by atoms with Gasteiger partial charge in [0.05, 0.1) is 11.6 Å². The van der Waals surface area contributed by atoms with Gasteiger partial charge in [0.15, 0.2) is 0 Å². The number of hydrogen-bond acceptors (Lipinski definition) is 3. The first kappa shape index (κ1) is 14.1. The topological polar surface area (TPSA) is 43.3 Å². The van der Waals surface area contributed by atoms with Crippen LogP contribution in [-0.2, 0) is 22.6 Å². The third-order valence-corrected chi connectivity index (χ3v) is 3.70. The number of benzene rings is 1. The summed E-state index contributed by atoms with van der Waals surface area (Å²) in [5, 5.41) is 4.71. The number of rotatable bonds is 6. The Labute approximate surface area is 125 Å². The molecule has 1 N–H and O–H groups in total. The molecule has 1 heterocycles. The van der Waals surface area contributed by atoms with Crippen molar-refractivity contribution in [2.45, 2.75) is 51.9 Å². The lowest BCUT2D eigenvalue weighted by Crippen LogP contribution is -2.19. The van der Waals surface area contributed by atoms with Crippen molar-refractivity contribution in [1.82, 2.24) is 9.88 Å². The third-order valence-electron chi connectivity index (χ3n) is 3.70. The first-order chi connectivity index (χ1) is 10.1. The lowest BCUT2D eigenvalue weighted by atomic mass is 10.1. The van der Waals surface area contributed by atoms with Crippen molar-refractivity contribution in [1.29, 1.82) is 0 Å². The van der Waals surface area contributed by atoms with Crippen LogP contribution in [0.15, 0.2) is 30.5 Å². The molecule has 0 saturated heterocycles. The SMILES string of the molecule is CC(C)OC(=O)Cn1ccc2cccc(CNC3CC3)c21. The van der Waals surface area contributed by atoms with Gasteiger partial charge in [-0.3, -0.25) is 4.79 Å². The van der Waals surface area contributed by atoms with Crippen molar-refractivity contribution in [3.8, 4) is 0 Å². The Morgan fingerprint density at radius 2 is 2.19 bits per heavy atom. The first-order valence-corrected chi connectivity index (χ1v) is 7.63. The molecule has 21 heavy (non-hydrogen) atoms. The first-order valence-electron chi connectivity index (χ1n) is 7.63. The number of para-hydroxylation sites is 1. The van der Waals surface area contributed by atoms with Gasteiger partial charge in [-0.15, -0.1) is 0 Å². The molecule has 1 aromatic carbocycles. The Hall–Kier alpha value is -1.81. The van der Waals surface area contributed by atoms with Crippen LogP contribution in [0.2, 0.25) is 0 Å². The van der Waals surface area contributed by atoms with E-state index < -0.39 is 0 Å². The summed E-state index contributed by atoms with van der Waals surface area (Å²) in [6.45, 7) is 4.86. The molecule has 1 fully saturated rings. The molecule has 0 bridgehead atoms. The zero-order chi connectivity index (χ0) is 14.8. The Morgan fingerprint density at radius 3 is 2.90 bits per heavy atom. The highest BCUT2D eigenvalue weighted by atomic mass is 16.5. The van der Waals surface area contributed by atoms with E-state index in [1.165, 1.54) is 23.8 Å². The highest BCUT2D eigenvalue weighted by Gasteiger charge is 2.20. The van der Waals surface area contributed by atoms with Crippen LogP contribution in [0, 0.1) is 0 Å². The number of ether oxygens (including phenoxy) is 1. The summed E-state index contributed by atoms with van der Waals surface area (Å²) < 4.78 is 7.24. The van der Waals surface area contributed by atoms with Gasteiger partial charge in [-0.1, -0.05) is 18.2 Å². The molecule has 1 aromatic heterocycles. The van der Waals surface area contributed by atoms with Crippen LogP contribution in [0.25, 0.3) is 10.9 Å². The van der Waals surface area contributed by atoms with Crippen molar-refractivity contribution >= 4 is 16.9 Å². The number of fused-ring (bicyclic) bond motifs is 1. The predicted molar refractivity (Wildman–Crippen MR) is 83.0 cm³/mol. The van der Waals surface area contributed by atoms with Gasteiger partial charge < -0.3 is 14.6 Å². The summed E-state index contributed by atoms with van der Waals surface area (Å²) in [6, 6.07) is 9.01. The van der Waals surface area contributed by atoms with Gasteiger partial charge in [-0.2, -0.15) is 0 Å². The van der Waals surface area contributed by atoms with E-state index in [9.17, 15) is 4.79 Å². The van der Waals surface area contributed by atoms with Gasteiger partial charge in [0, 0.05) is 18.8 Å². The fourth-order valence-electron chi connectivity index (χ4n) is 2.60. The standard InChI is InChI=1S/C17H22N2O2/c1-12(2)21-16(20)11-19-9-8-13-4-3-5-14(17(13)19)10-18-15-6-7-15/h3-5,8-9,12,15,18H,6-7,10-11H2,1-2H3. The van der Waals surface area contributed by atoms with E-state index in [1.807, 2.05) is 24.6 Å². The summed E-state index contributed by atoms with van der Waals surface area (Å²) in [6.07, 6.45) is 4.44. The van der Waals surface area contributed by atoms with E-state index in [-0.39, 0.29) is 18.6 Å². The fourth-order valence-corrected chi connectivity index (χ4v) is 2.60. The molecule has 3 rings (SSSR count). The van der Waals surface area contributed by atoms with Crippen LogP contribution in [0.1, 0.15) is 32.3 Å². The number of carbonyl (C=O) groups excluding carboxylic acids is 1.